The second-order valence-corrected chi connectivity index (χ2v) is 8.20. The number of phenols is 1. The maximum Gasteiger partial charge on any atom is 0.224 e. The van der Waals surface area contributed by atoms with Gasteiger partial charge < -0.3 is 21.9 Å². The first-order valence-corrected chi connectivity index (χ1v) is 10.5. The monoisotopic (exact) mass is 435 g/mol. The van der Waals surface area contributed by atoms with Gasteiger partial charge in [0.2, 0.25) is 5.95 Å². The van der Waals surface area contributed by atoms with Gasteiger partial charge in [-0.25, -0.2) is 4.98 Å². The van der Waals surface area contributed by atoms with Gasteiger partial charge in [0.05, 0.1) is 16.6 Å². The van der Waals surface area contributed by atoms with Gasteiger partial charge in [-0.05, 0) is 62.3 Å². The lowest BCUT2D eigenvalue weighted by atomic mass is 10.1. The van der Waals surface area contributed by atoms with Crippen LogP contribution < -0.4 is 16.8 Å². The van der Waals surface area contributed by atoms with Crippen molar-refractivity contribution in [3.8, 4) is 5.75 Å². The van der Waals surface area contributed by atoms with E-state index in [4.69, 9.17) is 23.1 Å². The van der Waals surface area contributed by atoms with Crippen LogP contribution in [-0.4, -0.2) is 38.0 Å². The first-order chi connectivity index (χ1) is 15.0. The second kappa shape index (κ2) is 7.72. The Bertz CT molecular complexity index is 1300. The van der Waals surface area contributed by atoms with Crippen molar-refractivity contribution in [1.29, 1.82) is 0 Å². The molecule has 1 saturated heterocycles. The number of hydrogen-bond donors (Lipinski definition) is 4. The average molecular weight is 436 g/mol. The zero-order valence-corrected chi connectivity index (χ0v) is 17.5. The number of rotatable bonds is 4. The van der Waals surface area contributed by atoms with E-state index in [9.17, 15) is 5.11 Å². The Morgan fingerprint density at radius 1 is 1.03 bits per heavy atom. The molecule has 0 unspecified atom stereocenters. The number of aromatic hydroxyl groups is 1. The fourth-order valence-electron chi connectivity index (χ4n) is 4.11. The number of anilines is 4. The molecule has 0 saturated carbocycles. The zero-order valence-electron chi connectivity index (χ0n) is 16.8. The Labute approximate surface area is 183 Å². The summed E-state index contributed by atoms with van der Waals surface area (Å²) in [6.45, 7) is 2.80. The predicted molar refractivity (Wildman–Crippen MR) is 125 cm³/mol. The van der Waals surface area contributed by atoms with Crippen LogP contribution in [0.25, 0.3) is 21.9 Å². The molecule has 0 atom stereocenters. The Balaban J connectivity index is 1.64. The molecule has 0 aliphatic carbocycles. The maximum absolute atomic E-state index is 10.4. The number of fused-ring (bicyclic) bond motifs is 2. The second-order valence-electron chi connectivity index (χ2n) is 7.77. The predicted octanol–water partition coefficient (Wildman–Crippen LogP) is 4.04. The Morgan fingerprint density at radius 3 is 2.65 bits per heavy atom. The summed E-state index contributed by atoms with van der Waals surface area (Å²) in [4.78, 5) is 15.3. The number of benzene rings is 2. The summed E-state index contributed by atoms with van der Waals surface area (Å²) in [7, 11) is 0. The first kappa shape index (κ1) is 19.6. The third-order valence-corrected chi connectivity index (χ3v) is 5.82. The molecule has 0 spiro atoms. The van der Waals surface area contributed by atoms with Gasteiger partial charge in [0.25, 0.3) is 0 Å². The molecule has 1 aliphatic rings. The van der Waals surface area contributed by atoms with E-state index in [1.165, 1.54) is 12.8 Å². The van der Waals surface area contributed by atoms with Crippen LogP contribution in [0.3, 0.4) is 0 Å². The van der Waals surface area contributed by atoms with Gasteiger partial charge in [0.15, 0.2) is 5.65 Å². The quantitative estimate of drug-likeness (QED) is 0.279. The molecule has 5 rings (SSSR count). The molecule has 0 radical (unpaired) electrons. The third kappa shape index (κ3) is 3.75. The molecule has 2 aromatic heterocycles. The van der Waals surface area contributed by atoms with Crippen molar-refractivity contribution >= 4 is 56.7 Å². The molecule has 0 amide bonds. The van der Waals surface area contributed by atoms with Crippen molar-refractivity contribution in [2.24, 2.45) is 0 Å². The summed E-state index contributed by atoms with van der Waals surface area (Å²) < 4.78 is 0. The van der Waals surface area contributed by atoms with Gasteiger partial charge in [0.1, 0.15) is 11.6 Å². The summed E-state index contributed by atoms with van der Waals surface area (Å²) in [5.74, 6) is 0.581. The Hall–Kier alpha value is -3.36. The van der Waals surface area contributed by atoms with E-state index in [0.29, 0.717) is 33.8 Å². The van der Waals surface area contributed by atoms with E-state index in [1.807, 2.05) is 18.2 Å². The van der Waals surface area contributed by atoms with E-state index < -0.39 is 0 Å². The minimum atomic E-state index is 0.0577. The van der Waals surface area contributed by atoms with E-state index in [2.05, 4.69) is 25.2 Å². The molecule has 9 heteroatoms. The van der Waals surface area contributed by atoms with Crippen molar-refractivity contribution < 1.29 is 5.11 Å². The third-order valence-electron chi connectivity index (χ3n) is 5.58. The van der Waals surface area contributed by atoms with Gasteiger partial charge >= 0.3 is 0 Å². The largest absolute Gasteiger partial charge is 0.508 e. The van der Waals surface area contributed by atoms with Crippen LogP contribution >= 0.6 is 11.6 Å². The molecule has 6 N–H and O–H groups in total. The number of nitrogens with zero attached hydrogens (tertiary/aromatic N) is 4. The van der Waals surface area contributed by atoms with Crippen LogP contribution in [0.5, 0.6) is 5.75 Å². The van der Waals surface area contributed by atoms with Crippen LogP contribution in [0.4, 0.5) is 23.1 Å². The van der Waals surface area contributed by atoms with Crippen LogP contribution in [0.15, 0.2) is 36.4 Å². The number of halogens is 1. The lowest BCUT2D eigenvalue weighted by Gasteiger charge is -2.18. The lowest BCUT2D eigenvalue weighted by molar-refractivity contribution is 0.324. The first-order valence-electron chi connectivity index (χ1n) is 10.1. The Morgan fingerprint density at radius 2 is 1.84 bits per heavy atom. The molecule has 31 heavy (non-hydrogen) atoms. The van der Waals surface area contributed by atoms with Gasteiger partial charge in [-0.1, -0.05) is 11.6 Å². The molecule has 2 aromatic carbocycles. The molecular formula is C22H22ClN7O. The van der Waals surface area contributed by atoms with Crippen LogP contribution in [0.2, 0.25) is 5.02 Å². The summed E-state index contributed by atoms with van der Waals surface area (Å²) in [6.07, 6.45) is 2.39. The summed E-state index contributed by atoms with van der Waals surface area (Å²) in [5.41, 5.74) is 15.4. The molecular weight excluding hydrogens is 414 g/mol. The van der Waals surface area contributed by atoms with Crippen molar-refractivity contribution in [3.63, 3.8) is 0 Å². The SMILES string of the molecule is Nc1nc(N)c2c(Nc3ccc(O)c(CN4CCCC4)c3)c3ccc(Cl)cc3nc2n1. The van der Waals surface area contributed by atoms with E-state index in [1.54, 1.807) is 18.2 Å². The average Bonchev–Trinajstić information content (AvgIpc) is 3.22. The highest BCUT2D eigenvalue weighted by Crippen LogP contribution is 2.37. The highest BCUT2D eigenvalue weighted by molar-refractivity contribution is 6.31. The number of nitrogens with two attached hydrogens (primary N) is 2. The maximum atomic E-state index is 10.4. The molecule has 8 nitrogen and oxygen atoms in total. The Kier molecular flexibility index (Phi) is 4.88. The molecule has 1 fully saturated rings. The molecule has 4 aromatic rings. The summed E-state index contributed by atoms with van der Waals surface area (Å²) in [5, 5.41) is 15.8. The number of phenolic OH excluding ortho intramolecular Hbond substituents is 1. The van der Waals surface area contributed by atoms with Crippen molar-refractivity contribution in [2.75, 3.05) is 29.9 Å². The van der Waals surface area contributed by atoms with Crippen molar-refractivity contribution in [3.05, 3.63) is 47.0 Å². The van der Waals surface area contributed by atoms with Crippen molar-refractivity contribution in [2.45, 2.75) is 19.4 Å². The van der Waals surface area contributed by atoms with E-state index in [0.717, 1.165) is 29.7 Å². The fraction of sp³-hybridized carbons (Fsp3) is 0.227. The number of nitrogens with one attached hydrogen (secondary N) is 1. The molecule has 158 valence electrons. The molecule has 3 heterocycles. The van der Waals surface area contributed by atoms with E-state index >= 15 is 0 Å². The van der Waals surface area contributed by atoms with Crippen LogP contribution in [0.1, 0.15) is 18.4 Å². The molecule has 0 bridgehead atoms. The minimum Gasteiger partial charge on any atom is -0.508 e. The molecule has 1 aliphatic heterocycles. The number of nitrogen functional groups attached to an aromatic ring is 2. The number of aromatic nitrogens is 3. The summed E-state index contributed by atoms with van der Waals surface area (Å²) >= 11 is 6.19. The number of pyridine rings is 1. The highest BCUT2D eigenvalue weighted by Gasteiger charge is 2.17. The standard InChI is InChI=1S/C22H22ClN7O/c23-13-3-5-15-16(10-13)27-21-18(20(24)28-22(25)29-21)19(15)26-14-4-6-17(31)12(9-14)11-30-7-1-2-8-30/h3-6,9-10,31H,1-2,7-8,11H2,(H5,24,25,26,27,28,29). The lowest BCUT2D eigenvalue weighted by Crippen LogP contribution is -2.18. The zero-order chi connectivity index (χ0) is 21.5. The fourth-order valence-corrected chi connectivity index (χ4v) is 4.27. The topological polar surface area (TPSA) is 126 Å². The summed E-state index contributed by atoms with van der Waals surface area (Å²) in [6, 6.07) is 10.9. The number of likely N-dealkylation sites (tertiary alicyclic amines) is 1. The van der Waals surface area contributed by atoms with E-state index in [-0.39, 0.29) is 17.5 Å². The van der Waals surface area contributed by atoms with Gasteiger partial charge in [0, 0.05) is 28.2 Å². The van der Waals surface area contributed by atoms with Crippen LogP contribution in [0, 0.1) is 0 Å². The van der Waals surface area contributed by atoms with Gasteiger partial charge in [-0.3, -0.25) is 4.90 Å². The van der Waals surface area contributed by atoms with Gasteiger partial charge in [-0.2, -0.15) is 9.97 Å². The van der Waals surface area contributed by atoms with Gasteiger partial charge in [-0.15, -0.1) is 0 Å². The van der Waals surface area contributed by atoms with Crippen LogP contribution in [-0.2, 0) is 6.54 Å². The minimum absolute atomic E-state index is 0.0577. The van der Waals surface area contributed by atoms with Crippen molar-refractivity contribution in [1.82, 2.24) is 19.9 Å². The highest BCUT2D eigenvalue weighted by atomic mass is 35.5. The normalized spacial score (nSPS) is 14.5. The smallest absolute Gasteiger partial charge is 0.224 e. The number of hydrogen-bond acceptors (Lipinski definition) is 8.